The molecule has 0 fully saturated rings. The van der Waals surface area contributed by atoms with Gasteiger partial charge in [0.05, 0.1) is 19.6 Å². The molecule has 5 heteroatoms. The van der Waals surface area contributed by atoms with Gasteiger partial charge < -0.3 is 10.1 Å². The highest BCUT2D eigenvalue weighted by Crippen LogP contribution is 2.01. The summed E-state index contributed by atoms with van der Waals surface area (Å²) in [5.41, 5.74) is 0. The molecule has 0 saturated carbocycles. The van der Waals surface area contributed by atoms with Gasteiger partial charge in [-0.2, -0.15) is 0 Å². The van der Waals surface area contributed by atoms with Crippen LogP contribution < -0.4 is 5.32 Å². The van der Waals surface area contributed by atoms with Crippen LogP contribution >= 0.6 is 0 Å². The van der Waals surface area contributed by atoms with E-state index >= 15 is 0 Å². The number of rotatable bonds is 7. The number of likely N-dealkylation sites (N-methyl/N-ethyl adjacent to an activating group) is 2. The molecule has 16 heavy (non-hydrogen) atoms. The smallest absolute Gasteiger partial charge is 0.306 e. The van der Waals surface area contributed by atoms with Crippen molar-refractivity contribution in [3.8, 4) is 0 Å². The minimum absolute atomic E-state index is 0.00536. The largest absolute Gasteiger partial charge is 0.469 e. The maximum Gasteiger partial charge on any atom is 0.306 e. The van der Waals surface area contributed by atoms with E-state index in [1.807, 2.05) is 25.7 Å². The van der Waals surface area contributed by atoms with Crippen molar-refractivity contribution in [2.24, 2.45) is 0 Å². The fourth-order valence-corrected chi connectivity index (χ4v) is 1.45. The molecule has 1 amide bonds. The monoisotopic (exact) mass is 230 g/mol. The highest BCUT2D eigenvalue weighted by molar-refractivity contribution is 5.81. The Morgan fingerprint density at radius 1 is 1.38 bits per heavy atom. The summed E-state index contributed by atoms with van der Waals surface area (Å²) in [6.07, 6.45) is 0.314. The van der Waals surface area contributed by atoms with Gasteiger partial charge in [-0.25, -0.2) is 0 Å². The molecule has 0 aromatic heterocycles. The van der Waals surface area contributed by atoms with Gasteiger partial charge in [0.1, 0.15) is 0 Å². The minimum Gasteiger partial charge on any atom is -0.469 e. The van der Waals surface area contributed by atoms with Crippen LogP contribution in [0.1, 0.15) is 27.2 Å². The van der Waals surface area contributed by atoms with Gasteiger partial charge in [0.2, 0.25) is 5.91 Å². The molecule has 0 spiro atoms. The van der Waals surface area contributed by atoms with Crippen LogP contribution in [0.3, 0.4) is 0 Å². The van der Waals surface area contributed by atoms with E-state index < -0.39 is 0 Å². The van der Waals surface area contributed by atoms with Crippen LogP contribution in [0.2, 0.25) is 0 Å². The Morgan fingerprint density at radius 2 is 2.00 bits per heavy atom. The second-order valence-corrected chi connectivity index (χ2v) is 3.53. The number of ether oxygens (including phenoxy) is 1. The van der Waals surface area contributed by atoms with Crippen LogP contribution in [0.25, 0.3) is 0 Å². The van der Waals surface area contributed by atoms with Crippen molar-refractivity contribution in [1.82, 2.24) is 10.2 Å². The van der Waals surface area contributed by atoms with E-state index in [0.717, 1.165) is 6.54 Å². The van der Waals surface area contributed by atoms with Gasteiger partial charge >= 0.3 is 5.97 Å². The van der Waals surface area contributed by atoms with Gasteiger partial charge in [0, 0.05) is 13.1 Å². The average Bonchev–Trinajstić information content (AvgIpc) is 2.29. The van der Waals surface area contributed by atoms with E-state index in [9.17, 15) is 9.59 Å². The zero-order valence-electron chi connectivity index (χ0n) is 10.6. The van der Waals surface area contributed by atoms with Gasteiger partial charge in [-0.05, 0) is 20.4 Å². The van der Waals surface area contributed by atoms with Crippen LogP contribution in [0.5, 0.6) is 0 Å². The van der Waals surface area contributed by atoms with Crippen molar-refractivity contribution in [2.45, 2.75) is 33.2 Å². The third kappa shape index (κ3) is 5.11. The number of nitrogens with one attached hydrogen (secondary N) is 1. The second-order valence-electron chi connectivity index (χ2n) is 3.53. The number of esters is 1. The summed E-state index contributed by atoms with van der Waals surface area (Å²) >= 11 is 0. The predicted molar refractivity (Wildman–Crippen MR) is 62.0 cm³/mol. The van der Waals surface area contributed by atoms with Crippen LogP contribution in [0.15, 0.2) is 0 Å². The zero-order valence-corrected chi connectivity index (χ0v) is 10.6. The van der Waals surface area contributed by atoms with E-state index in [1.165, 1.54) is 7.11 Å². The van der Waals surface area contributed by atoms with Gasteiger partial charge in [-0.1, -0.05) is 6.92 Å². The Morgan fingerprint density at radius 3 is 2.44 bits per heavy atom. The number of amides is 1. The Hall–Kier alpha value is -1.10. The van der Waals surface area contributed by atoms with E-state index in [1.54, 1.807) is 0 Å². The molecule has 0 aromatic rings. The Balaban J connectivity index is 4.15. The summed E-state index contributed by atoms with van der Waals surface area (Å²) < 4.78 is 4.57. The van der Waals surface area contributed by atoms with E-state index in [0.29, 0.717) is 19.5 Å². The van der Waals surface area contributed by atoms with Crippen molar-refractivity contribution >= 4 is 11.9 Å². The molecule has 94 valence electrons. The molecule has 0 radical (unpaired) electrons. The first-order valence-electron chi connectivity index (χ1n) is 5.65. The van der Waals surface area contributed by atoms with E-state index in [2.05, 4.69) is 10.1 Å². The number of carbonyl (C=O) groups is 2. The predicted octanol–water partition coefficient (Wildman–Crippen LogP) is 0.396. The number of carbonyl (C=O) groups excluding carboxylic acids is 2. The number of hydrogen-bond acceptors (Lipinski definition) is 4. The lowest BCUT2D eigenvalue weighted by molar-refractivity contribution is -0.141. The first-order valence-corrected chi connectivity index (χ1v) is 5.65. The maximum absolute atomic E-state index is 11.6. The summed E-state index contributed by atoms with van der Waals surface area (Å²) in [5.74, 6) is -0.254. The third-order valence-corrected chi connectivity index (χ3v) is 2.52. The molecule has 0 aromatic carbocycles. The Bertz CT molecular complexity index is 231. The quantitative estimate of drug-likeness (QED) is 0.643. The summed E-state index contributed by atoms with van der Waals surface area (Å²) in [5, 5.41) is 2.76. The third-order valence-electron chi connectivity index (χ3n) is 2.52. The molecule has 0 aliphatic rings. The van der Waals surface area contributed by atoms with Crippen LogP contribution in [-0.2, 0) is 14.3 Å². The average molecular weight is 230 g/mol. The van der Waals surface area contributed by atoms with Crippen LogP contribution in [0.4, 0.5) is 0 Å². The highest BCUT2D eigenvalue weighted by atomic mass is 16.5. The number of methoxy groups -OCH3 is 1. The van der Waals surface area contributed by atoms with E-state index in [-0.39, 0.29) is 17.9 Å². The molecule has 0 saturated heterocycles. The first kappa shape index (κ1) is 14.9. The molecule has 0 aliphatic heterocycles. The lowest BCUT2D eigenvalue weighted by atomic mass is 10.2. The Labute approximate surface area is 97.1 Å². The fourth-order valence-electron chi connectivity index (χ4n) is 1.45. The Kier molecular flexibility index (Phi) is 7.54. The normalized spacial score (nSPS) is 12.3. The van der Waals surface area contributed by atoms with Crippen LogP contribution in [0, 0.1) is 0 Å². The van der Waals surface area contributed by atoms with Gasteiger partial charge in [-0.3, -0.25) is 14.5 Å². The van der Waals surface area contributed by atoms with Crippen LogP contribution in [-0.4, -0.2) is 49.6 Å². The first-order chi connectivity index (χ1) is 7.56. The number of nitrogens with zero attached hydrogens (tertiary/aromatic N) is 1. The molecule has 0 bridgehead atoms. The minimum atomic E-state index is -0.249. The fraction of sp³-hybridized carbons (Fsp3) is 0.818. The van der Waals surface area contributed by atoms with Gasteiger partial charge in [0.15, 0.2) is 0 Å². The molecule has 0 aliphatic carbocycles. The molecule has 1 unspecified atom stereocenters. The SMILES string of the molecule is CCNC(=O)C(C)N(CC)CCC(=O)OC. The van der Waals surface area contributed by atoms with Crippen molar-refractivity contribution in [3.05, 3.63) is 0 Å². The van der Waals surface area contributed by atoms with Crippen molar-refractivity contribution in [1.29, 1.82) is 0 Å². The van der Waals surface area contributed by atoms with Gasteiger partial charge in [-0.15, -0.1) is 0 Å². The second kappa shape index (κ2) is 8.10. The summed E-state index contributed by atoms with van der Waals surface area (Å²) in [6.45, 7) is 7.59. The molecule has 0 heterocycles. The summed E-state index contributed by atoms with van der Waals surface area (Å²) in [4.78, 5) is 24.5. The zero-order chi connectivity index (χ0) is 12.6. The number of hydrogen-bond donors (Lipinski definition) is 1. The molecule has 1 N–H and O–H groups in total. The van der Waals surface area contributed by atoms with Gasteiger partial charge in [0.25, 0.3) is 0 Å². The van der Waals surface area contributed by atoms with E-state index in [4.69, 9.17) is 0 Å². The standard InChI is InChI=1S/C11H22N2O3/c1-5-12-11(15)9(3)13(6-2)8-7-10(14)16-4/h9H,5-8H2,1-4H3,(H,12,15). The van der Waals surface area contributed by atoms with Crippen molar-refractivity contribution in [3.63, 3.8) is 0 Å². The lowest BCUT2D eigenvalue weighted by Gasteiger charge is -2.26. The maximum atomic E-state index is 11.6. The molecule has 0 rings (SSSR count). The lowest BCUT2D eigenvalue weighted by Crippen LogP contribution is -2.45. The molecular formula is C11H22N2O3. The highest BCUT2D eigenvalue weighted by Gasteiger charge is 2.19. The van der Waals surface area contributed by atoms with Crippen molar-refractivity contribution < 1.29 is 14.3 Å². The molecule has 5 nitrogen and oxygen atoms in total. The molecule has 1 atom stereocenters. The summed E-state index contributed by atoms with van der Waals surface area (Å²) in [7, 11) is 1.37. The molecular weight excluding hydrogens is 208 g/mol. The topological polar surface area (TPSA) is 58.6 Å². The van der Waals surface area contributed by atoms with Crippen molar-refractivity contribution in [2.75, 3.05) is 26.7 Å². The summed E-state index contributed by atoms with van der Waals surface area (Å²) in [6, 6.07) is -0.213.